The van der Waals surface area contributed by atoms with Gasteiger partial charge in [0.05, 0.1) is 12.6 Å². The summed E-state index contributed by atoms with van der Waals surface area (Å²) in [6.45, 7) is 5.05. The third kappa shape index (κ3) is 4.53. The first-order valence-electron chi connectivity index (χ1n) is 8.68. The van der Waals surface area contributed by atoms with Gasteiger partial charge in [0.2, 0.25) is 5.91 Å². The van der Waals surface area contributed by atoms with Gasteiger partial charge in [-0.2, -0.15) is 0 Å². The Labute approximate surface area is 152 Å². The molecule has 0 radical (unpaired) electrons. The average molecular weight is 353 g/mol. The Morgan fingerprint density at radius 1 is 1.15 bits per heavy atom. The number of carbonyl (C=O) groups excluding carboxylic acids is 1. The van der Waals surface area contributed by atoms with Crippen molar-refractivity contribution in [3.05, 3.63) is 59.9 Å². The van der Waals surface area contributed by atoms with Crippen LogP contribution in [0.15, 0.2) is 42.7 Å². The molecule has 0 aliphatic heterocycles. The minimum absolute atomic E-state index is 0.0175. The fourth-order valence-corrected chi connectivity index (χ4v) is 2.85. The quantitative estimate of drug-likeness (QED) is 0.667. The average Bonchev–Trinajstić information content (AvgIpc) is 3.25. The molecule has 2 aromatic heterocycles. The van der Waals surface area contributed by atoms with Crippen LogP contribution in [0.3, 0.4) is 0 Å². The second kappa shape index (κ2) is 8.37. The van der Waals surface area contributed by atoms with Crippen molar-refractivity contribution in [3.63, 3.8) is 0 Å². The first-order chi connectivity index (χ1) is 12.6. The number of hydrogen-bond acceptors (Lipinski definition) is 5. The van der Waals surface area contributed by atoms with Crippen molar-refractivity contribution < 1.29 is 4.79 Å². The molecule has 1 N–H and O–H groups in total. The van der Waals surface area contributed by atoms with Crippen LogP contribution in [-0.4, -0.2) is 35.7 Å². The molecule has 0 aliphatic carbocycles. The highest BCUT2D eigenvalue weighted by Crippen LogP contribution is 2.18. The fraction of sp³-hybridized carbons (Fsp3) is 0.389. The smallest absolute Gasteiger partial charge is 0.222 e. The third-order valence-electron chi connectivity index (χ3n) is 4.38. The summed E-state index contributed by atoms with van der Waals surface area (Å²) in [4.78, 5) is 16.7. The molecule has 8 heteroatoms. The molecule has 8 nitrogen and oxygen atoms in total. The lowest BCUT2D eigenvalue weighted by Crippen LogP contribution is -2.30. The first-order valence-corrected chi connectivity index (χ1v) is 8.68. The Morgan fingerprint density at radius 3 is 2.62 bits per heavy atom. The maximum absolute atomic E-state index is 12.4. The molecule has 136 valence electrons. The van der Waals surface area contributed by atoms with E-state index in [0.717, 1.165) is 24.4 Å². The normalized spacial score (nSPS) is 12.1. The van der Waals surface area contributed by atoms with Crippen LogP contribution in [0.1, 0.15) is 36.1 Å². The highest BCUT2D eigenvalue weighted by Gasteiger charge is 2.15. The summed E-state index contributed by atoms with van der Waals surface area (Å²) in [5.41, 5.74) is 1.09. The summed E-state index contributed by atoms with van der Waals surface area (Å²) < 4.78 is 3.72. The van der Waals surface area contributed by atoms with Crippen molar-refractivity contribution in [1.82, 2.24) is 35.1 Å². The van der Waals surface area contributed by atoms with Crippen molar-refractivity contribution in [2.45, 2.75) is 45.8 Å². The number of amides is 1. The highest BCUT2D eigenvalue weighted by molar-refractivity contribution is 5.76. The van der Waals surface area contributed by atoms with E-state index in [2.05, 4.69) is 30.4 Å². The van der Waals surface area contributed by atoms with E-state index < -0.39 is 0 Å². The molecule has 3 aromatic rings. The molecule has 3 rings (SSSR count). The molecular formula is C18H23N7O. The van der Waals surface area contributed by atoms with Crippen LogP contribution in [0, 0.1) is 13.8 Å². The molecule has 1 amide bonds. The number of rotatable bonds is 8. The van der Waals surface area contributed by atoms with E-state index >= 15 is 0 Å². The van der Waals surface area contributed by atoms with Crippen molar-refractivity contribution >= 4 is 5.91 Å². The third-order valence-corrected chi connectivity index (χ3v) is 4.38. The molecule has 0 aliphatic rings. The fourth-order valence-electron chi connectivity index (χ4n) is 2.85. The molecule has 0 spiro atoms. The Kier molecular flexibility index (Phi) is 5.73. The number of carbonyl (C=O) groups is 1. The zero-order chi connectivity index (χ0) is 18.4. The maximum Gasteiger partial charge on any atom is 0.222 e. The molecule has 1 aromatic carbocycles. The van der Waals surface area contributed by atoms with Crippen LogP contribution in [0.25, 0.3) is 0 Å². The molecule has 0 saturated carbocycles. The summed E-state index contributed by atoms with van der Waals surface area (Å²) in [5, 5.41) is 14.4. The van der Waals surface area contributed by atoms with Gasteiger partial charge in [-0.25, -0.2) is 9.67 Å². The number of benzene rings is 1. The van der Waals surface area contributed by atoms with Crippen molar-refractivity contribution in [2.75, 3.05) is 0 Å². The van der Waals surface area contributed by atoms with E-state index in [1.54, 1.807) is 10.9 Å². The predicted molar refractivity (Wildman–Crippen MR) is 96.1 cm³/mol. The van der Waals surface area contributed by atoms with Gasteiger partial charge in [0.1, 0.15) is 11.6 Å². The van der Waals surface area contributed by atoms with E-state index in [9.17, 15) is 4.79 Å². The van der Waals surface area contributed by atoms with Gasteiger partial charge in [-0.1, -0.05) is 30.3 Å². The number of tetrazole rings is 1. The lowest BCUT2D eigenvalue weighted by Gasteiger charge is -2.20. The Balaban J connectivity index is 1.62. The molecule has 0 unspecified atom stereocenters. The van der Waals surface area contributed by atoms with Gasteiger partial charge in [-0.3, -0.25) is 4.79 Å². The second-order valence-corrected chi connectivity index (χ2v) is 6.19. The Hall–Kier alpha value is -3.03. The zero-order valence-corrected chi connectivity index (χ0v) is 15.0. The van der Waals surface area contributed by atoms with E-state index in [-0.39, 0.29) is 11.9 Å². The van der Waals surface area contributed by atoms with Crippen LogP contribution in [0.2, 0.25) is 0 Å². The highest BCUT2D eigenvalue weighted by atomic mass is 16.1. The number of aryl methyl sites for hydroxylation is 4. The van der Waals surface area contributed by atoms with Crippen molar-refractivity contribution in [2.24, 2.45) is 0 Å². The lowest BCUT2D eigenvalue weighted by atomic mass is 10.0. The Morgan fingerprint density at radius 2 is 1.96 bits per heavy atom. The maximum atomic E-state index is 12.4. The van der Waals surface area contributed by atoms with E-state index in [1.807, 2.05) is 50.4 Å². The molecule has 0 fully saturated rings. The van der Waals surface area contributed by atoms with Gasteiger partial charge in [0.15, 0.2) is 0 Å². The SMILES string of the molecule is Cc1nccn1CC[C@H](NC(=O)CCn1nnnc1C)c1ccccc1. The van der Waals surface area contributed by atoms with Gasteiger partial charge in [0, 0.05) is 25.4 Å². The summed E-state index contributed by atoms with van der Waals surface area (Å²) in [6, 6.07) is 9.97. The largest absolute Gasteiger partial charge is 0.349 e. The number of hydrogen-bond donors (Lipinski definition) is 1. The van der Waals surface area contributed by atoms with Gasteiger partial charge in [-0.15, -0.1) is 5.10 Å². The summed E-state index contributed by atoms with van der Waals surface area (Å²) in [6.07, 6.45) is 4.87. The zero-order valence-electron chi connectivity index (χ0n) is 15.0. The van der Waals surface area contributed by atoms with Gasteiger partial charge >= 0.3 is 0 Å². The molecular weight excluding hydrogens is 330 g/mol. The predicted octanol–water partition coefficient (Wildman–Crippen LogP) is 1.82. The molecule has 0 saturated heterocycles. The van der Waals surface area contributed by atoms with Gasteiger partial charge in [-0.05, 0) is 36.3 Å². The topological polar surface area (TPSA) is 90.5 Å². The molecule has 1 atom stereocenters. The molecule has 26 heavy (non-hydrogen) atoms. The van der Waals surface area contributed by atoms with Gasteiger partial charge in [0.25, 0.3) is 0 Å². The minimum atomic E-state index is -0.0551. The second-order valence-electron chi connectivity index (χ2n) is 6.19. The van der Waals surface area contributed by atoms with Crippen LogP contribution in [0.5, 0.6) is 0 Å². The molecule has 2 heterocycles. The summed E-state index contributed by atoms with van der Waals surface area (Å²) in [5.74, 6) is 1.65. The lowest BCUT2D eigenvalue weighted by molar-refractivity contribution is -0.122. The Bertz CT molecular complexity index is 840. The van der Waals surface area contributed by atoms with Gasteiger partial charge < -0.3 is 9.88 Å². The standard InChI is InChI=1S/C18H23N7O/c1-14-19-10-13-24(14)11-8-17(16-6-4-3-5-7-16)20-18(26)9-12-25-15(2)21-22-23-25/h3-7,10,13,17H,8-9,11-12H2,1-2H3,(H,20,26)/t17-/m0/s1. The number of nitrogens with zero attached hydrogens (tertiary/aromatic N) is 6. The van der Waals surface area contributed by atoms with Crippen LogP contribution >= 0.6 is 0 Å². The van der Waals surface area contributed by atoms with Crippen molar-refractivity contribution in [3.8, 4) is 0 Å². The van der Waals surface area contributed by atoms with Crippen LogP contribution < -0.4 is 5.32 Å². The van der Waals surface area contributed by atoms with E-state index in [1.165, 1.54) is 0 Å². The summed E-state index contributed by atoms with van der Waals surface area (Å²) >= 11 is 0. The van der Waals surface area contributed by atoms with E-state index in [4.69, 9.17) is 0 Å². The number of imidazole rings is 1. The van der Waals surface area contributed by atoms with Crippen LogP contribution in [0.4, 0.5) is 0 Å². The summed E-state index contributed by atoms with van der Waals surface area (Å²) in [7, 11) is 0. The van der Waals surface area contributed by atoms with Crippen molar-refractivity contribution in [1.29, 1.82) is 0 Å². The number of nitrogens with one attached hydrogen (secondary N) is 1. The first kappa shape index (κ1) is 17.8. The minimum Gasteiger partial charge on any atom is -0.349 e. The monoisotopic (exact) mass is 353 g/mol. The molecule has 0 bridgehead atoms. The number of aromatic nitrogens is 6. The van der Waals surface area contributed by atoms with Crippen LogP contribution in [-0.2, 0) is 17.9 Å². The van der Waals surface area contributed by atoms with E-state index in [0.29, 0.717) is 18.8 Å².